The Morgan fingerprint density at radius 1 is 0.840 bits per heavy atom. The van der Waals surface area contributed by atoms with E-state index in [1.807, 2.05) is 12.1 Å². The van der Waals surface area contributed by atoms with Gasteiger partial charge in [-0.25, -0.2) is 0 Å². The molecule has 0 aromatic heterocycles. The van der Waals surface area contributed by atoms with E-state index in [1.165, 1.54) is 20.3 Å². The highest BCUT2D eigenvalue weighted by molar-refractivity contribution is 14.1. The average Bonchev–Trinajstić information content (AvgIpc) is 2.66. The first kappa shape index (κ1) is 17.9. The molecule has 3 aromatic rings. The van der Waals surface area contributed by atoms with E-state index in [0.717, 1.165) is 0 Å². The Morgan fingerprint density at radius 2 is 1.44 bits per heavy atom. The van der Waals surface area contributed by atoms with Crippen LogP contribution in [0.5, 0.6) is 0 Å². The quantitative estimate of drug-likeness (QED) is 0.414. The van der Waals surface area contributed by atoms with Crippen LogP contribution >= 0.6 is 34.8 Å². The minimum absolute atomic E-state index is 0.0262. The molecule has 3 rings (SSSR count). The summed E-state index contributed by atoms with van der Waals surface area (Å²) in [5, 5.41) is 7.42. The summed E-state index contributed by atoms with van der Waals surface area (Å²) in [6.07, 6.45) is 0. The van der Waals surface area contributed by atoms with Crippen molar-refractivity contribution in [1.29, 1.82) is 0 Å². The molecule has 4 heteroatoms. The third-order valence-electron chi connectivity index (χ3n) is 3.88. The molecule has 0 aliphatic carbocycles. The first-order valence-corrected chi connectivity index (χ1v) is 9.60. The third kappa shape index (κ3) is 5.28. The van der Waals surface area contributed by atoms with Crippen molar-refractivity contribution >= 4 is 39.9 Å². The smallest absolute Gasteiger partial charge is 0.167 e. The third-order valence-corrected chi connectivity index (χ3v) is 4.82. The largest absolute Gasteiger partial charge is 0.359 e. The zero-order valence-electron chi connectivity index (χ0n) is 13.7. The monoisotopic (exact) mass is 458 g/mol. The number of hydrogen-bond donors (Lipinski definition) is 2. The fourth-order valence-electron chi connectivity index (χ4n) is 2.66. The Bertz CT molecular complexity index is 782. The molecule has 0 amide bonds. The molecule has 2 N–H and O–H groups in total. The molecule has 0 bridgehead atoms. The number of rotatable bonds is 5. The summed E-state index contributed by atoms with van der Waals surface area (Å²) in [6.45, 7) is 0.707. The maximum atomic E-state index is 5.54. The molecule has 0 fully saturated rings. The number of halogens is 1. The molecule has 0 saturated carbocycles. The summed E-state index contributed by atoms with van der Waals surface area (Å²) >= 11 is 7.86. The predicted molar refractivity (Wildman–Crippen MR) is 116 cm³/mol. The van der Waals surface area contributed by atoms with Crippen LogP contribution in [0, 0.1) is 3.57 Å². The molecule has 2 nitrogen and oxygen atoms in total. The van der Waals surface area contributed by atoms with E-state index in [1.54, 1.807) is 0 Å². The van der Waals surface area contributed by atoms with E-state index in [-0.39, 0.29) is 6.04 Å². The lowest BCUT2D eigenvalue weighted by Gasteiger charge is -2.22. The molecule has 0 unspecified atom stereocenters. The molecule has 0 saturated heterocycles. The Morgan fingerprint density at radius 3 is 2.00 bits per heavy atom. The molecule has 0 aliphatic rings. The summed E-state index contributed by atoms with van der Waals surface area (Å²) in [5.41, 5.74) is 3.59. The summed E-state index contributed by atoms with van der Waals surface area (Å²) in [4.78, 5) is 0. The molecule has 0 heterocycles. The molecular formula is C21H19IN2S. The van der Waals surface area contributed by atoms with Gasteiger partial charge in [0.25, 0.3) is 0 Å². The van der Waals surface area contributed by atoms with Crippen molar-refractivity contribution in [3.05, 3.63) is 105 Å². The molecule has 25 heavy (non-hydrogen) atoms. The molecular weight excluding hydrogens is 439 g/mol. The van der Waals surface area contributed by atoms with Gasteiger partial charge < -0.3 is 10.6 Å². The van der Waals surface area contributed by atoms with E-state index in [0.29, 0.717) is 11.7 Å². The Labute approximate surface area is 167 Å². The van der Waals surface area contributed by atoms with Crippen LogP contribution in [0.25, 0.3) is 0 Å². The van der Waals surface area contributed by atoms with Gasteiger partial charge in [-0.2, -0.15) is 0 Å². The number of hydrogen-bond acceptors (Lipinski definition) is 1. The summed E-state index contributed by atoms with van der Waals surface area (Å²) in [7, 11) is 0. The minimum atomic E-state index is 0.0262. The van der Waals surface area contributed by atoms with E-state index >= 15 is 0 Å². The lowest BCUT2D eigenvalue weighted by atomic mass is 9.99. The molecule has 0 aliphatic heterocycles. The van der Waals surface area contributed by atoms with Gasteiger partial charge in [-0.05, 0) is 63.6 Å². The van der Waals surface area contributed by atoms with Gasteiger partial charge >= 0.3 is 0 Å². The summed E-state index contributed by atoms with van der Waals surface area (Å²) in [5.74, 6) is 0. The van der Waals surface area contributed by atoms with Gasteiger partial charge in [-0.1, -0.05) is 72.8 Å². The van der Waals surface area contributed by atoms with E-state index in [2.05, 4.69) is 106 Å². The lowest BCUT2D eigenvalue weighted by Crippen LogP contribution is -2.37. The van der Waals surface area contributed by atoms with E-state index in [4.69, 9.17) is 12.2 Å². The molecule has 0 atom stereocenters. The van der Waals surface area contributed by atoms with Gasteiger partial charge in [0.05, 0.1) is 6.04 Å². The van der Waals surface area contributed by atoms with Crippen molar-refractivity contribution in [3.8, 4) is 0 Å². The Balaban J connectivity index is 1.71. The van der Waals surface area contributed by atoms with Gasteiger partial charge in [0, 0.05) is 10.1 Å². The maximum absolute atomic E-state index is 5.54. The van der Waals surface area contributed by atoms with Crippen LogP contribution in [-0.4, -0.2) is 5.11 Å². The zero-order chi connectivity index (χ0) is 17.5. The maximum Gasteiger partial charge on any atom is 0.167 e. The van der Waals surface area contributed by atoms with Crippen molar-refractivity contribution in [2.24, 2.45) is 0 Å². The van der Waals surface area contributed by atoms with Crippen LogP contribution < -0.4 is 10.6 Å². The van der Waals surface area contributed by atoms with Crippen molar-refractivity contribution in [1.82, 2.24) is 10.6 Å². The average molecular weight is 458 g/mol. The van der Waals surface area contributed by atoms with Gasteiger partial charge in [0.15, 0.2) is 5.11 Å². The standard InChI is InChI=1S/C21H19IN2S/c22-19-13-7-8-16(14-19)15-23-21(25)24-20(17-9-3-1-4-10-17)18-11-5-2-6-12-18/h1-14,20H,15H2,(H2,23,24,25). The molecule has 3 aromatic carbocycles. The van der Waals surface area contributed by atoms with E-state index < -0.39 is 0 Å². The SMILES string of the molecule is S=C(NCc1cccc(I)c1)NC(c1ccccc1)c1ccccc1. The second kappa shape index (κ2) is 8.97. The number of thiocarbonyl (C=S) groups is 1. The Hall–Kier alpha value is -1.92. The molecule has 126 valence electrons. The van der Waals surface area contributed by atoms with Gasteiger partial charge in [0.2, 0.25) is 0 Å². The van der Waals surface area contributed by atoms with Gasteiger partial charge in [0.1, 0.15) is 0 Å². The van der Waals surface area contributed by atoms with Crippen LogP contribution in [0.4, 0.5) is 0 Å². The van der Waals surface area contributed by atoms with Crippen molar-refractivity contribution in [2.45, 2.75) is 12.6 Å². The predicted octanol–water partition coefficient (Wildman–Crippen LogP) is 5.04. The minimum Gasteiger partial charge on any atom is -0.359 e. The Kier molecular flexibility index (Phi) is 6.42. The van der Waals surface area contributed by atoms with Crippen molar-refractivity contribution < 1.29 is 0 Å². The topological polar surface area (TPSA) is 24.1 Å². The summed E-state index contributed by atoms with van der Waals surface area (Å²) in [6, 6.07) is 29.2. The van der Waals surface area contributed by atoms with Crippen LogP contribution in [0.3, 0.4) is 0 Å². The van der Waals surface area contributed by atoms with Crippen LogP contribution in [-0.2, 0) is 6.54 Å². The lowest BCUT2D eigenvalue weighted by molar-refractivity contribution is 0.736. The van der Waals surface area contributed by atoms with Crippen LogP contribution in [0.1, 0.15) is 22.7 Å². The van der Waals surface area contributed by atoms with Gasteiger partial charge in [-0.3, -0.25) is 0 Å². The highest BCUT2D eigenvalue weighted by Crippen LogP contribution is 2.21. The summed E-state index contributed by atoms with van der Waals surface area (Å²) < 4.78 is 1.22. The first-order chi connectivity index (χ1) is 12.2. The second-order valence-electron chi connectivity index (χ2n) is 5.71. The normalized spacial score (nSPS) is 10.5. The van der Waals surface area contributed by atoms with E-state index in [9.17, 15) is 0 Å². The number of benzene rings is 3. The number of nitrogens with one attached hydrogen (secondary N) is 2. The van der Waals surface area contributed by atoms with Crippen molar-refractivity contribution in [2.75, 3.05) is 0 Å². The first-order valence-electron chi connectivity index (χ1n) is 8.11. The zero-order valence-corrected chi connectivity index (χ0v) is 16.6. The fraction of sp³-hybridized carbons (Fsp3) is 0.0952. The van der Waals surface area contributed by atoms with Crippen LogP contribution in [0.15, 0.2) is 84.9 Å². The highest BCUT2D eigenvalue weighted by atomic mass is 127. The molecule has 0 spiro atoms. The fourth-order valence-corrected chi connectivity index (χ4v) is 3.46. The van der Waals surface area contributed by atoms with Gasteiger partial charge in [-0.15, -0.1) is 0 Å². The van der Waals surface area contributed by atoms with Crippen LogP contribution in [0.2, 0.25) is 0 Å². The molecule has 0 radical (unpaired) electrons. The van der Waals surface area contributed by atoms with Crippen molar-refractivity contribution in [3.63, 3.8) is 0 Å². The second-order valence-corrected chi connectivity index (χ2v) is 7.37. The highest BCUT2D eigenvalue weighted by Gasteiger charge is 2.14.